The molecule has 0 fully saturated rings. The first-order valence-corrected chi connectivity index (χ1v) is 10.2. The molecule has 2 N–H and O–H groups in total. The molecule has 9 nitrogen and oxygen atoms in total. The second-order valence-corrected chi connectivity index (χ2v) is 7.78. The van der Waals surface area contributed by atoms with E-state index in [1.807, 2.05) is 0 Å². The lowest BCUT2D eigenvalue weighted by atomic mass is 10.1. The third-order valence-electron chi connectivity index (χ3n) is 4.59. The number of aromatic amines is 2. The summed E-state index contributed by atoms with van der Waals surface area (Å²) in [6.45, 7) is 1.45. The van der Waals surface area contributed by atoms with Gasteiger partial charge in [-0.3, -0.25) is 14.6 Å². The molecule has 0 aliphatic rings. The molecule has 0 amide bonds. The molecular weight excluding hydrogens is 476 g/mol. The van der Waals surface area contributed by atoms with Gasteiger partial charge in [-0.25, -0.2) is 14.3 Å². The first kappa shape index (κ1) is 22.4. The molecule has 0 saturated heterocycles. The lowest BCUT2D eigenvalue weighted by Crippen LogP contribution is -2.32. The van der Waals surface area contributed by atoms with Crippen LogP contribution in [-0.2, 0) is 6.42 Å². The zero-order chi connectivity index (χ0) is 23.7. The summed E-state index contributed by atoms with van der Waals surface area (Å²) in [5.74, 6) is -0.337. The van der Waals surface area contributed by atoms with Crippen LogP contribution < -0.4 is 21.5 Å². The number of hydrogen-bond donors (Lipinski definition) is 2. The van der Waals surface area contributed by atoms with Gasteiger partial charge < -0.3 is 4.74 Å². The van der Waals surface area contributed by atoms with Crippen molar-refractivity contribution in [2.24, 2.45) is 0 Å². The van der Waals surface area contributed by atoms with Crippen LogP contribution >= 0.6 is 23.2 Å². The summed E-state index contributed by atoms with van der Waals surface area (Å²) in [6.07, 6.45) is 0.217. The molecule has 0 aliphatic carbocycles. The largest absolute Gasteiger partial charge is 0.434 e. The first-order chi connectivity index (χ1) is 15.7. The van der Waals surface area contributed by atoms with E-state index in [0.717, 1.165) is 4.68 Å². The molecule has 4 rings (SSSR count). The third kappa shape index (κ3) is 4.86. The fourth-order valence-electron chi connectivity index (χ4n) is 2.96. The molecule has 2 aromatic heterocycles. The molecule has 0 saturated carbocycles. The molecular formula is C21H14Cl2FN5O4. The van der Waals surface area contributed by atoms with Gasteiger partial charge in [0, 0.05) is 18.1 Å². The summed E-state index contributed by atoms with van der Waals surface area (Å²) in [4.78, 5) is 37.9. The standard InChI is InChI=1S/C21H14Cl2FN5O4/c1-10-19(30)25-21(32)29(28-10)14-8-15(22)18(16(23)9-14)33-17-7-12(20(31)27-26-17)6-11-2-4-13(24)5-3-11/h2-5,7-9H,6H2,1H3,(H,27,31)(H,25,30,32). The van der Waals surface area contributed by atoms with Crippen molar-refractivity contribution in [3.05, 3.63) is 106 Å². The number of benzene rings is 2. The summed E-state index contributed by atoms with van der Waals surface area (Å²) < 4.78 is 19.7. The van der Waals surface area contributed by atoms with E-state index in [-0.39, 0.29) is 45.3 Å². The second kappa shape index (κ2) is 9.00. The normalized spacial score (nSPS) is 10.9. The average molecular weight is 490 g/mol. The Morgan fingerprint density at radius 3 is 2.36 bits per heavy atom. The van der Waals surface area contributed by atoms with E-state index in [4.69, 9.17) is 27.9 Å². The van der Waals surface area contributed by atoms with E-state index in [1.165, 1.54) is 37.3 Å². The summed E-state index contributed by atoms with van der Waals surface area (Å²) in [6, 6.07) is 9.90. The summed E-state index contributed by atoms with van der Waals surface area (Å²) in [5, 5.41) is 10.2. The quantitative estimate of drug-likeness (QED) is 0.443. The highest BCUT2D eigenvalue weighted by molar-refractivity contribution is 6.37. The lowest BCUT2D eigenvalue weighted by Gasteiger charge is -2.12. The van der Waals surface area contributed by atoms with Gasteiger partial charge in [-0.05, 0) is 36.8 Å². The number of rotatable bonds is 5. The monoisotopic (exact) mass is 489 g/mol. The molecule has 0 bridgehead atoms. The summed E-state index contributed by atoms with van der Waals surface area (Å²) >= 11 is 12.6. The van der Waals surface area contributed by atoms with Crippen molar-refractivity contribution in [2.75, 3.05) is 0 Å². The Kier molecular flexibility index (Phi) is 6.12. The second-order valence-electron chi connectivity index (χ2n) is 6.96. The van der Waals surface area contributed by atoms with Crippen LogP contribution in [0.15, 0.2) is 56.8 Å². The number of ether oxygens (including phenoxy) is 1. The van der Waals surface area contributed by atoms with E-state index in [0.29, 0.717) is 11.1 Å². The van der Waals surface area contributed by atoms with Crippen LogP contribution in [0.25, 0.3) is 5.69 Å². The molecule has 168 valence electrons. The van der Waals surface area contributed by atoms with E-state index in [9.17, 15) is 18.8 Å². The number of hydrogen-bond acceptors (Lipinski definition) is 6. The fourth-order valence-corrected chi connectivity index (χ4v) is 3.51. The van der Waals surface area contributed by atoms with Gasteiger partial charge >= 0.3 is 5.69 Å². The summed E-state index contributed by atoms with van der Waals surface area (Å²) in [7, 11) is 0. The zero-order valence-corrected chi connectivity index (χ0v) is 18.4. The number of nitrogens with one attached hydrogen (secondary N) is 2. The SMILES string of the molecule is Cc1nn(-c2cc(Cl)c(Oc3cc(Cc4ccc(F)cc4)c(=O)[nH]n3)c(Cl)c2)c(=O)[nH]c1=O. The van der Waals surface area contributed by atoms with Crippen LogP contribution in [0.4, 0.5) is 4.39 Å². The molecule has 33 heavy (non-hydrogen) atoms. The predicted molar refractivity (Wildman–Crippen MR) is 119 cm³/mol. The van der Waals surface area contributed by atoms with Crippen LogP contribution in [0.3, 0.4) is 0 Å². The first-order valence-electron chi connectivity index (χ1n) is 9.42. The highest BCUT2D eigenvalue weighted by Gasteiger charge is 2.16. The Morgan fingerprint density at radius 2 is 1.70 bits per heavy atom. The lowest BCUT2D eigenvalue weighted by molar-refractivity contribution is 0.453. The van der Waals surface area contributed by atoms with E-state index < -0.39 is 16.8 Å². The molecule has 0 spiro atoms. The van der Waals surface area contributed by atoms with Crippen molar-refractivity contribution >= 4 is 23.2 Å². The molecule has 4 aromatic rings. The number of aromatic nitrogens is 5. The van der Waals surface area contributed by atoms with Crippen molar-refractivity contribution in [2.45, 2.75) is 13.3 Å². The van der Waals surface area contributed by atoms with Crippen LogP contribution in [0, 0.1) is 12.7 Å². The minimum Gasteiger partial charge on any atom is -0.434 e. The van der Waals surface area contributed by atoms with Gasteiger partial charge in [0.25, 0.3) is 11.1 Å². The molecule has 0 atom stereocenters. The molecule has 0 unspecified atom stereocenters. The highest BCUT2D eigenvalue weighted by Crippen LogP contribution is 2.37. The number of aryl methyl sites for hydroxylation is 1. The Bertz CT molecular complexity index is 1510. The van der Waals surface area contributed by atoms with Crippen molar-refractivity contribution in [3.63, 3.8) is 0 Å². The van der Waals surface area contributed by atoms with Gasteiger partial charge in [0.15, 0.2) is 5.75 Å². The van der Waals surface area contributed by atoms with E-state index >= 15 is 0 Å². The predicted octanol–water partition coefficient (Wildman–Crippen LogP) is 3.14. The van der Waals surface area contributed by atoms with E-state index in [1.54, 1.807) is 12.1 Å². The van der Waals surface area contributed by atoms with Gasteiger partial charge in [0.2, 0.25) is 5.88 Å². The highest BCUT2D eigenvalue weighted by atomic mass is 35.5. The third-order valence-corrected chi connectivity index (χ3v) is 5.15. The number of nitrogens with zero attached hydrogens (tertiary/aromatic N) is 3. The van der Waals surface area contributed by atoms with Gasteiger partial charge in [-0.15, -0.1) is 5.10 Å². The summed E-state index contributed by atoms with van der Waals surface area (Å²) in [5.41, 5.74) is -0.476. The van der Waals surface area contributed by atoms with Crippen molar-refractivity contribution in [1.82, 2.24) is 25.0 Å². The van der Waals surface area contributed by atoms with Gasteiger partial charge in [-0.1, -0.05) is 35.3 Å². The maximum atomic E-state index is 13.1. The van der Waals surface area contributed by atoms with Crippen molar-refractivity contribution < 1.29 is 9.13 Å². The molecule has 0 aliphatic heterocycles. The maximum absolute atomic E-state index is 13.1. The minimum atomic E-state index is -0.765. The number of halogens is 3. The Balaban J connectivity index is 1.65. The van der Waals surface area contributed by atoms with Crippen molar-refractivity contribution in [3.8, 4) is 17.3 Å². The van der Waals surface area contributed by atoms with Gasteiger partial charge in [-0.2, -0.15) is 9.78 Å². The van der Waals surface area contributed by atoms with Crippen LogP contribution in [0.5, 0.6) is 11.6 Å². The average Bonchev–Trinajstić information content (AvgIpc) is 2.77. The number of H-pyrrole nitrogens is 2. The molecule has 0 radical (unpaired) electrons. The zero-order valence-electron chi connectivity index (χ0n) is 16.9. The van der Waals surface area contributed by atoms with Crippen LogP contribution in [0.2, 0.25) is 10.0 Å². The Hall–Kier alpha value is -3.76. The smallest absolute Gasteiger partial charge is 0.349 e. The topological polar surface area (TPSA) is 123 Å². The Morgan fingerprint density at radius 1 is 1.03 bits per heavy atom. The van der Waals surface area contributed by atoms with Gasteiger partial charge in [0.1, 0.15) is 11.5 Å². The van der Waals surface area contributed by atoms with Crippen LogP contribution in [0.1, 0.15) is 16.8 Å². The Labute approximate surface area is 194 Å². The molecule has 12 heteroatoms. The fraction of sp³-hybridized carbons (Fsp3) is 0.0952. The van der Waals surface area contributed by atoms with Crippen LogP contribution in [-0.4, -0.2) is 25.0 Å². The molecule has 2 heterocycles. The van der Waals surface area contributed by atoms with E-state index in [2.05, 4.69) is 20.3 Å². The van der Waals surface area contributed by atoms with Gasteiger partial charge in [0.05, 0.1) is 15.7 Å². The minimum absolute atomic E-state index is 0.0124. The molecule has 2 aromatic carbocycles. The maximum Gasteiger partial charge on any atom is 0.349 e. The van der Waals surface area contributed by atoms with Crippen molar-refractivity contribution in [1.29, 1.82) is 0 Å².